The molecule has 26 rings (SSSR count). The van der Waals surface area contributed by atoms with E-state index >= 15 is 0 Å². The fraction of sp³-hybridized carbons (Fsp3) is 0. The van der Waals surface area contributed by atoms with Crippen LogP contribution in [0.25, 0.3) is 252 Å². The van der Waals surface area contributed by atoms with E-state index in [1.54, 1.807) is 0 Å². The number of hydrogen-bond acceptors (Lipinski definition) is 4. The molecule has 0 aliphatic rings. The first kappa shape index (κ1) is 58.4. The molecular formula is C102H56N8. The lowest BCUT2D eigenvalue weighted by atomic mass is 9.95. The Labute approximate surface area is 625 Å². The van der Waals surface area contributed by atoms with Crippen LogP contribution in [0.4, 0.5) is 0 Å². The molecule has 0 aliphatic carbocycles. The first-order valence-corrected chi connectivity index (χ1v) is 37.8. The van der Waals surface area contributed by atoms with Gasteiger partial charge >= 0.3 is 0 Å². The Morgan fingerprint density at radius 2 is 0.600 bits per heavy atom. The van der Waals surface area contributed by atoms with Crippen molar-refractivity contribution in [3.8, 4) is 56.7 Å². The summed E-state index contributed by atoms with van der Waals surface area (Å²) in [5, 5.41) is 28.1. The molecule has 8 aromatic heterocycles. The summed E-state index contributed by atoms with van der Waals surface area (Å²) < 4.78 is 9.73. The van der Waals surface area contributed by atoms with Crippen LogP contribution < -0.4 is 0 Å². The zero-order valence-corrected chi connectivity index (χ0v) is 58.9. The summed E-state index contributed by atoms with van der Waals surface area (Å²) in [5.41, 5.74) is 21.7. The minimum atomic E-state index is 0.632. The molecule has 0 fully saturated rings. The molecular weight excluding hydrogens is 1340 g/mol. The third-order valence-corrected chi connectivity index (χ3v) is 24.3. The largest absolute Gasteiger partial charge is 0.308 e. The average Bonchev–Trinajstić information content (AvgIpc) is 1.51. The molecule has 0 aliphatic heterocycles. The number of benzene rings is 18. The molecule has 0 radical (unpaired) electrons. The van der Waals surface area contributed by atoms with Gasteiger partial charge in [0, 0.05) is 91.9 Å². The van der Waals surface area contributed by atoms with Crippen molar-refractivity contribution in [2.45, 2.75) is 0 Å². The maximum atomic E-state index is 5.89. The molecule has 0 saturated carbocycles. The lowest BCUT2D eigenvalue weighted by molar-refractivity contribution is 1.02. The summed E-state index contributed by atoms with van der Waals surface area (Å²) >= 11 is 0. The van der Waals surface area contributed by atoms with Crippen LogP contribution in [-0.4, -0.2) is 37.9 Å². The number of fused-ring (bicyclic) bond motifs is 31. The standard InChI is InChI=1S/C102H56N8/c1-2-18-57(19-3-1)58-34-38-63(39-35-58)94-77-48-42-62-22-6-9-25-72(62)96(77)106-102(104-94)110-84-31-15-11-27-74(84)79-56-81-90-71-47-43-65(52-66(71)46-51-88(90)108-86-33-17-13-29-76(86)93(98(79)110)100(81)108)64-40-36-59-37-41-67(54-68(59)53-64)95-91-70-24-8-5-20-60(70)44-49-82(91)103-101(105-95)109-83-30-14-10-26-73(83)78-55-80-89-69-23-7-4-21-61(69)45-50-87(89)107-85-32-16-12-28-75(85)92(97(78)109)99(80)107/h1-56H. The van der Waals surface area contributed by atoms with Gasteiger partial charge in [-0.1, -0.05) is 261 Å². The van der Waals surface area contributed by atoms with Gasteiger partial charge in [0.2, 0.25) is 11.9 Å². The van der Waals surface area contributed by atoms with Crippen LogP contribution in [0.2, 0.25) is 0 Å². The highest BCUT2D eigenvalue weighted by Crippen LogP contribution is 2.52. The molecule has 110 heavy (non-hydrogen) atoms. The molecule has 8 nitrogen and oxygen atoms in total. The molecule has 0 spiro atoms. The number of rotatable bonds is 6. The number of hydrogen-bond donors (Lipinski definition) is 0. The molecule has 8 heterocycles. The van der Waals surface area contributed by atoms with Gasteiger partial charge in [-0.15, -0.1) is 0 Å². The van der Waals surface area contributed by atoms with Crippen LogP contribution >= 0.6 is 0 Å². The van der Waals surface area contributed by atoms with Gasteiger partial charge in [0.05, 0.1) is 77.6 Å². The number of aromatic nitrogens is 8. The molecule has 18 aromatic carbocycles. The van der Waals surface area contributed by atoms with E-state index in [2.05, 4.69) is 358 Å². The summed E-state index contributed by atoms with van der Waals surface area (Å²) in [5.74, 6) is 1.27. The third-order valence-electron chi connectivity index (χ3n) is 24.3. The van der Waals surface area contributed by atoms with E-state index in [0.29, 0.717) is 11.9 Å². The summed E-state index contributed by atoms with van der Waals surface area (Å²) in [6.45, 7) is 0. The summed E-state index contributed by atoms with van der Waals surface area (Å²) in [4.78, 5) is 23.0. The van der Waals surface area contributed by atoms with E-state index in [4.69, 9.17) is 19.9 Å². The quantitative estimate of drug-likeness (QED) is 0.156. The Balaban J connectivity index is 0.649. The highest BCUT2D eigenvalue weighted by atomic mass is 15.2. The lowest BCUT2D eigenvalue weighted by Gasteiger charge is -2.15. The van der Waals surface area contributed by atoms with Crippen LogP contribution in [0.5, 0.6) is 0 Å². The van der Waals surface area contributed by atoms with Gasteiger partial charge in [0.1, 0.15) is 0 Å². The zero-order valence-electron chi connectivity index (χ0n) is 58.9. The molecule has 26 aromatic rings. The van der Waals surface area contributed by atoms with Gasteiger partial charge in [-0.05, 0) is 150 Å². The van der Waals surface area contributed by atoms with Crippen molar-refractivity contribution < 1.29 is 0 Å². The van der Waals surface area contributed by atoms with Crippen molar-refractivity contribution in [3.05, 3.63) is 340 Å². The molecule has 0 saturated heterocycles. The van der Waals surface area contributed by atoms with Gasteiger partial charge in [-0.3, -0.25) is 9.13 Å². The minimum Gasteiger partial charge on any atom is -0.308 e. The van der Waals surface area contributed by atoms with Crippen LogP contribution in [0.1, 0.15) is 0 Å². The molecule has 0 N–H and O–H groups in total. The fourth-order valence-corrected chi connectivity index (χ4v) is 19.6. The summed E-state index contributed by atoms with van der Waals surface area (Å²) in [6, 6.07) is 125. The van der Waals surface area contributed by atoms with Crippen molar-refractivity contribution in [2.24, 2.45) is 0 Å². The van der Waals surface area contributed by atoms with Crippen LogP contribution in [0, 0.1) is 0 Å². The third kappa shape index (κ3) is 7.76. The first-order chi connectivity index (χ1) is 54.6. The van der Waals surface area contributed by atoms with E-state index in [9.17, 15) is 0 Å². The Morgan fingerprint density at radius 3 is 1.24 bits per heavy atom. The van der Waals surface area contributed by atoms with Gasteiger partial charge in [-0.25, -0.2) is 19.9 Å². The predicted octanol–water partition coefficient (Wildman–Crippen LogP) is 26.5. The summed E-state index contributed by atoms with van der Waals surface area (Å²) in [7, 11) is 0. The van der Waals surface area contributed by atoms with E-state index < -0.39 is 0 Å². The Hall–Kier alpha value is -14.9. The molecule has 8 heteroatoms. The molecule has 0 atom stereocenters. The second-order valence-electron chi connectivity index (χ2n) is 29.9. The van der Waals surface area contributed by atoms with E-state index in [-0.39, 0.29) is 0 Å². The zero-order chi connectivity index (χ0) is 71.3. The van der Waals surface area contributed by atoms with Crippen molar-refractivity contribution in [3.63, 3.8) is 0 Å². The van der Waals surface area contributed by atoms with Crippen LogP contribution in [0.3, 0.4) is 0 Å². The first-order valence-electron chi connectivity index (χ1n) is 37.8. The molecule has 504 valence electrons. The molecule has 0 amide bonds. The minimum absolute atomic E-state index is 0.632. The van der Waals surface area contributed by atoms with E-state index in [0.717, 1.165) is 137 Å². The van der Waals surface area contributed by atoms with Crippen molar-refractivity contribution in [2.75, 3.05) is 0 Å². The highest BCUT2D eigenvalue weighted by Gasteiger charge is 2.30. The second kappa shape index (κ2) is 21.4. The molecule has 0 bridgehead atoms. The number of para-hydroxylation sites is 4. The topological polar surface area (TPSA) is 70.2 Å². The Morgan fingerprint density at radius 1 is 0.182 bits per heavy atom. The highest BCUT2D eigenvalue weighted by molar-refractivity contribution is 6.39. The van der Waals surface area contributed by atoms with Gasteiger partial charge < -0.3 is 8.80 Å². The Kier molecular flexibility index (Phi) is 11.4. The maximum absolute atomic E-state index is 5.89. The van der Waals surface area contributed by atoms with E-state index in [1.165, 1.54) is 103 Å². The SMILES string of the molecule is c1ccc(-c2ccc(-c3nc(-n4c5ccccc5c5cc6c7c8ccc(-c9ccc%10ccc(-c%11nc(-n%12c%13ccccc%13c%13cc%14c%15c%16ccccc%16ccc%15n%15c%16ccccc%16c(c%13%12)c%14%15)nc%12ccc%13ccccc%13c%11%12)cc%10c9)cc8ccc7n7c8ccccc8c(c54)c67)nc4c3ccc3ccccc34)cc2)cc1. The van der Waals surface area contributed by atoms with Gasteiger partial charge in [-0.2, -0.15) is 0 Å². The average molecular weight is 1390 g/mol. The predicted molar refractivity (Wildman–Crippen MR) is 460 cm³/mol. The van der Waals surface area contributed by atoms with Crippen molar-refractivity contribution in [1.82, 2.24) is 37.9 Å². The maximum Gasteiger partial charge on any atom is 0.235 e. The normalized spacial score (nSPS) is 12.5. The van der Waals surface area contributed by atoms with Crippen molar-refractivity contribution in [1.29, 1.82) is 0 Å². The van der Waals surface area contributed by atoms with Crippen LogP contribution in [0.15, 0.2) is 340 Å². The monoisotopic (exact) mass is 1390 g/mol. The smallest absolute Gasteiger partial charge is 0.235 e. The molecule has 0 unspecified atom stereocenters. The number of nitrogens with zero attached hydrogens (tertiary/aromatic N) is 8. The lowest BCUT2D eigenvalue weighted by Crippen LogP contribution is -2.04. The Bertz CT molecular complexity index is 8590. The fourth-order valence-electron chi connectivity index (χ4n) is 19.6. The second-order valence-corrected chi connectivity index (χ2v) is 29.9. The van der Waals surface area contributed by atoms with Gasteiger partial charge in [0.15, 0.2) is 0 Å². The van der Waals surface area contributed by atoms with E-state index in [1.807, 2.05) is 0 Å². The van der Waals surface area contributed by atoms with Gasteiger partial charge in [0.25, 0.3) is 0 Å². The van der Waals surface area contributed by atoms with Crippen LogP contribution in [-0.2, 0) is 0 Å². The summed E-state index contributed by atoms with van der Waals surface area (Å²) in [6.07, 6.45) is 0. The van der Waals surface area contributed by atoms with Crippen molar-refractivity contribution >= 4 is 195 Å².